The molecule has 3 aromatic carbocycles. The minimum atomic E-state index is -4.08. The van der Waals surface area contributed by atoms with Crippen molar-refractivity contribution >= 4 is 33.3 Å². The van der Waals surface area contributed by atoms with Crippen LogP contribution in [0.15, 0.2) is 71.6 Å². The van der Waals surface area contributed by atoms with Gasteiger partial charge in [0.1, 0.15) is 12.3 Å². The van der Waals surface area contributed by atoms with Crippen LogP contribution < -0.4 is 14.4 Å². The van der Waals surface area contributed by atoms with Gasteiger partial charge in [-0.2, -0.15) is 0 Å². The van der Waals surface area contributed by atoms with Crippen molar-refractivity contribution in [2.75, 3.05) is 29.9 Å². The number of nitrogens with zero attached hydrogens (tertiary/aromatic N) is 1. The summed E-state index contributed by atoms with van der Waals surface area (Å²) in [4.78, 5) is 24.9. The number of methoxy groups -OCH3 is 1. The van der Waals surface area contributed by atoms with Gasteiger partial charge in [0.2, 0.25) is 5.91 Å². The molecule has 35 heavy (non-hydrogen) atoms. The van der Waals surface area contributed by atoms with E-state index in [0.717, 1.165) is 9.87 Å². The predicted octanol–water partition coefficient (Wildman–Crippen LogP) is 4.32. The van der Waals surface area contributed by atoms with E-state index >= 15 is 0 Å². The van der Waals surface area contributed by atoms with Gasteiger partial charge >= 0.3 is 5.97 Å². The lowest BCUT2D eigenvalue weighted by molar-refractivity contribution is -0.114. The van der Waals surface area contributed by atoms with Crippen LogP contribution in [0.1, 0.15) is 28.4 Å². The lowest BCUT2D eigenvalue weighted by Crippen LogP contribution is -2.38. The first-order chi connectivity index (χ1) is 16.6. The van der Waals surface area contributed by atoms with Crippen molar-refractivity contribution in [3.63, 3.8) is 0 Å². The Morgan fingerprint density at radius 1 is 0.943 bits per heavy atom. The number of benzene rings is 3. The summed E-state index contributed by atoms with van der Waals surface area (Å²) in [5, 5.41) is 2.72. The number of aryl methyl sites for hydroxylation is 2. The van der Waals surface area contributed by atoms with Crippen LogP contribution in [0, 0.1) is 13.8 Å². The summed E-state index contributed by atoms with van der Waals surface area (Å²) in [6, 6.07) is 17.7. The Hall–Kier alpha value is -3.85. The Kier molecular flexibility index (Phi) is 8.14. The predicted molar refractivity (Wildman–Crippen MR) is 134 cm³/mol. The quantitative estimate of drug-likeness (QED) is 0.443. The lowest BCUT2D eigenvalue weighted by Gasteiger charge is -2.24. The van der Waals surface area contributed by atoms with Crippen molar-refractivity contribution in [1.82, 2.24) is 0 Å². The largest absolute Gasteiger partial charge is 0.494 e. The summed E-state index contributed by atoms with van der Waals surface area (Å²) in [7, 11) is -2.81. The molecule has 8 nitrogen and oxygen atoms in total. The van der Waals surface area contributed by atoms with E-state index in [0.29, 0.717) is 29.3 Å². The SMILES string of the molecule is CCOc1ccc(S(=O)(=O)N(CC(=O)Nc2cc(C(=O)OC)ccc2C)c2ccc(C)cc2)cc1. The molecule has 0 saturated heterocycles. The zero-order valence-electron chi connectivity index (χ0n) is 20.1. The van der Waals surface area contributed by atoms with Gasteiger partial charge in [0.15, 0.2) is 0 Å². The monoisotopic (exact) mass is 496 g/mol. The number of nitrogens with one attached hydrogen (secondary N) is 1. The van der Waals surface area contributed by atoms with Crippen LogP contribution >= 0.6 is 0 Å². The van der Waals surface area contributed by atoms with Gasteiger partial charge in [0.05, 0.1) is 29.9 Å². The minimum absolute atomic E-state index is 0.0261. The molecule has 0 aliphatic carbocycles. The molecule has 9 heteroatoms. The molecule has 0 heterocycles. The molecule has 0 aromatic heterocycles. The van der Waals surface area contributed by atoms with Crippen LogP contribution in [0.25, 0.3) is 0 Å². The normalized spacial score (nSPS) is 11.0. The summed E-state index contributed by atoms with van der Waals surface area (Å²) in [6.07, 6.45) is 0. The second-order valence-corrected chi connectivity index (χ2v) is 9.68. The average molecular weight is 497 g/mol. The molecule has 0 bridgehead atoms. The van der Waals surface area contributed by atoms with Gasteiger partial charge in [-0.1, -0.05) is 23.8 Å². The lowest BCUT2D eigenvalue weighted by atomic mass is 10.1. The van der Waals surface area contributed by atoms with Crippen molar-refractivity contribution in [3.8, 4) is 5.75 Å². The highest BCUT2D eigenvalue weighted by molar-refractivity contribution is 7.92. The number of ether oxygens (including phenoxy) is 2. The Morgan fingerprint density at radius 2 is 1.60 bits per heavy atom. The molecule has 0 spiro atoms. The number of rotatable bonds is 9. The first-order valence-corrected chi connectivity index (χ1v) is 12.4. The number of anilines is 2. The Balaban J connectivity index is 1.93. The van der Waals surface area contributed by atoms with Crippen molar-refractivity contribution in [1.29, 1.82) is 0 Å². The average Bonchev–Trinajstić information content (AvgIpc) is 2.84. The second kappa shape index (κ2) is 11.1. The van der Waals surface area contributed by atoms with E-state index in [1.165, 1.54) is 25.3 Å². The van der Waals surface area contributed by atoms with Crippen LogP contribution in [-0.4, -0.2) is 40.6 Å². The summed E-state index contributed by atoms with van der Waals surface area (Å²) in [5.41, 5.74) is 2.67. The van der Waals surface area contributed by atoms with E-state index < -0.39 is 28.4 Å². The third-order valence-electron chi connectivity index (χ3n) is 5.26. The van der Waals surface area contributed by atoms with Crippen LogP contribution in [-0.2, 0) is 19.6 Å². The standard InChI is InChI=1S/C26H28N2O6S/c1-5-34-22-12-14-23(15-13-22)35(31,32)28(21-10-6-18(2)7-11-21)17-25(29)27-24-16-20(26(30)33-4)9-8-19(24)3/h6-16H,5,17H2,1-4H3,(H,27,29). The van der Waals surface area contributed by atoms with Gasteiger partial charge in [0.25, 0.3) is 10.0 Å². The molecule has 0 atom stereocenters. The molecular formula is C26H28N2O6S. The smallest absolute Gasteiger partial charge is 0.337 e. The summed E-state index contributed by atoms with van der Waals surface area (Å²) in [5.74, 6) is -0.558. The van der Waals surface area contributed by atoms with Crippen LogP contribution in [0.2, 0.25) is 0 Å². The van der Waals surface area contributed by atoms with E-state index in [2.05, 4.69) is 5.32 Å². The molecule has 1 amide bonds. The zero-order chi connectivity index (χ0) is 25.6. The fourth-order valence-corrected chi connectivity index (χ4v) is 4.77. The number of carbonyl (C=O) groups excluding carboxylic acids is 2. The van der Waals surface area contributed by atoms with Crippen molar-refractivity contribution in [2.24, 2.45) is 0 Å². The van der Waals surface area contributed by atoms with E-state index in [4.69, 9.17) is 9.47 Å². The van der Waals surface area contributed by atoms with Crippen LogP contribution in [0.4, 0.5) is 11.4 Å². The number of esters is 1. The molecule has 0 saturated carbocycles. The molecule has 0 aliphatic heterocycles. The van der Waals surface area contributed by atoms with Crippen LogP contribution in [0.5, 0.6) is 5.75 Å². The van der Waals surface area contributed by atoms with Crippen LogP contribution in [0.3, 0.4) is 0 Å². The summed E-state index contributed by atoms with van der Waals surface area (Å²) in [6.45, 7) is 5.48. The van der Waals surface area contributed by atoms with Crippen molar-refractivity contribution in [3.05, 3.63) is 83.4 Å². The molecule has 3 rings (SSSR count). The van der Waals surface area contributed by atoms with Gasteiger partial charge in [0, 0.05) is 5.69 Å². The highest BCUT2D eigenvalue weighted by atomic mass is 32.2. The Labute approximate surface area is 205 Å². The fraction of sp³-hybridized carbons (Fsp3) is 0.231. The minimum Gasteiger partial charge on any atom is -0.494 e. The summed E-state index contributed by atoms with van der Waals surface area (Å²) < 4.78 is 38.3. The number of sulfonamides is 1. The Bertz CT molecular complexity index is 1300. The maximum Gasteiger partial charge on any atom is 0.337 e. The number of amides is 1. The van der Waals surface area contributed by atoms with E-state index in [1.807, 2.05) is 13.8 Å². The van der Waals surface area contributed by atoms with E-state index in [-0.39, 0.29) is 10.5 Å². The molecule has 1 N–H and O–H groups in total. The number of hydrogen-bond donors (Lipinski definition) is 1. The zero-order valence-corrected chi connectivity index (χ0v) is 20.9. The maximum absolute atomic E-state index is 13.6. The molecular weight excluding hydrogens is 468 g/mol. The van der Waals surface area contributed by atoms with Crippen molar-refractivity contribution < 1.29 is 27.5 Å². The second-order valence-electron chi connectivity index (χ2n) is 7.82. The first-order valence-electron chi connectivity index (χ1n) is 11.0. The Morgan fingerprint density at radius 3 is 2.20 bits per heavy atom. The topological polar surface area (TPSA) is 102 Å². The van der Waals surface area contributed by atoms with Crippen molar-refractivity contribution in [2.45, 2.75) is 25.7 Å². The van der Waals surface area contributed by atoms with Gasteiger partial charge < -0.3 is 14.8 Å². The third-order valence-corrected chi connectivity index (χ3v) is 7.05. The van der Waals surface area contributed by atoms with E-state index in [1.54, 1.807) is 55.5 Å². The van der Waals surface area contributed by atoms with Gasteiger partial charge in [-0.05, 0) is 74.9 Å². The molecule has 3 aromatic rings. The number of hydrogen-bond acceptors (Lipinski definition) is 6. The highest BCUT2D eigenvalue weighted by Gasteiger charge is 2.27. The molecule has 0 unspecified atom stereocenters. The van der Waals surface area contributed by atoms with E-state index in [9.17, 15) is 18.0 Å². The highest BCUT2D eigenvalue weighted by Crippen LogP contribution is 2.26. The molecule has 0 fully saturated rings. The molecule has 184 valence electrons. The third kappa shape index (κ3) is 6.19. The molecule has 0 aliphatic rings. The first kappa shape index (κ1) is 25.8. The summed E-state index contributed by atoms with van der Waals surface area (Å²) >= 11 is 0. The fourth-order valence-electron chi connectivity index (χ4n) is 3.35. The van der Waals surface area contributed by atoms with Gasteiger partial charge in [-0.3, -0.25) is 9.10 Å². The molecule has 0 radical (unpaired) electrons. The van der Waals surface area contributed by atoms with Gasteiger partial charge in [-0.25, -0.2) is 13.2 Å². The van der Waals surface area contributed by atoms with Gasteiger partial charge in [-0.15, -0.1) is 0 Å². The maximum atomic E-state index is 13.6. The number of carbonyl (C=O) groups is 2.